The molecule has 0 fully saturated rings. The van der Waals surface area contributed by atoms with Crippen LogP contribution in [0.3, 0.4) is 0 Å². The minimum absolute atomic E-state index is 0.301. The van der Waals surface area contributed by atoms with Crippen LogP contribution in [-0.2, 0) is 0 Å². The largest absolute Gasteiger partial charge is 0.493 e. The smallest absolute Gasteiger partial charge is 0.133 e. The van der Waals surface area contributed by atoms with Crippen LogP contribution in [0.5, 0.6) is 5.75 Å². The molecule has 0 spiro atoms. The zero-order chi connectivity index (χ0) is 14.7. The number of benzene rings is 1. The van der Waals surface area contributed by atoms with Gasteiger partial charge in [0.25, 0.3) is 0 Å². The van der Waals surface area contributed by atoms with E-state index in [0.717, 1.165) is 28.4 Å². The Balaban J connectivity index is 2.66. The van der Waals surface area contributed by atoms with E-state index in [0.29, 0.717) is 17.2 Å². The SMILES string of the molecule is CCOc1ccccc1-c1[nH]c(C(C)C)nc(=S)c1C. The van der Waals surface area contributed by atoms with E-state index in [-0.39, 0.29) is 0 Å². The summed E-state index contributed by atoms with van der Waals surface area (Å²) in [5, 5.41) is 0. The van der Waals surface area contributed by atoms with Crippen LogP contribution in [0.25, 0.3) is 11.3 Å². The van der Waals surface area contributed by atoms with Gasteiger partial charge in [-0.25, -0.2) is 4.98 Å². The van der Waals surface area contributed by atoms with Crippen molar-refractivity contribution in [2.75, 3.05) is 6.61 Å². The van der Waals surface area contributed by atoms with Crippen molar-refractivity contribution in [3.05, 3.63) is 40.3 Å². The van der Waals surface area contributed by atoms with Crippen molar-refractivity contribution in [1.82, 2.24) is 9.97 Å². The first kappa shape index (κ1) is 14.7. The molecule has 0 radical (unpaired) electrons. The molecule has 1 aromatic heterocycles. The molecule has 1 heterocycles. The molecular formula is C16H20N2OS. The van der Waals surface area contributed by atoms with Gasteiger partial charge in [0.15, 0.2) is 0 Å². The standard InChI is InChI=1S/C16H20N2OS/c1-5-19-13-9-7-6-8-12(13)14-11(4)16(20)18-15(17-14)10(2)3/h6-10H,5H2,1-4H3,(H,17,18,20). The van der Waals surface area contributed by atoms with Gasteiger partial charge in [-0.2, -0.15) is 0 Å². The van der Waals surface area contributed by atoms with Crippen molar-refractivity contribution in [3.63, 3.8) is 0 Å². The number of hydrogen-bond acceptors (Lipinski definition) is 3. The van der Waals surface area contributed by atoms with E-state index < -0.39 is 0 Å². The van der Waals surface area contributed by atoms with Gasteiger partial charge in [-0.05, 0) is 26.0 Å². The Morgan fingerprint density at radius 2 is 2.00 bits per heavy atom. The van der Waals surface area contributed by atoms with Crippen molar-refractivity contribution in [3.8, 4) is 17.0 Å². The molecule has 0 amide bonds. The van der Waals surface area contributed by atoms with Crippen LogP contribution in [0, 0.1) is 11.6 Å². The minimum atomic E-state index is 0.301. The van der Waals surface area contributed by atoms with Crippen LogP contribution in [-0.4, -0.2) is 16.6 Å². The van der Waals surface area contributed by atoms with E-state index in [1.165, 1.54) is 0 Å². The number of ether oxygens (including phenoxy) is 1. The summed E-state index contributed by atoms with van der Waals surface area (Å²) in [4.78, 5) is 7.86. The lowest BCUT2D eigenvalue weighted by atomic mass is 10.1. The lowest BCUT2D eigenvalue weighted by Gasteiger charge is -2.15. The summed E-state index contributed by atoms with van der Waals surface area (Å²) in [6.07, 6.45) is 0. The molecule has 0 saturated carbocycles. The summed E-state index contributed by atoms with van der Waals surface area (Å²) in [6, 6.07) is 8.00. The molecule has 0 atom stereocenters. The molecule has 0 unspecified atom stereocenters. The molecule has 2 aromatic rings. The maximum Gasteiger partial charge on any atom is 0.133 e. The minimum Gasteiger partial charge on any atom is -0.493 e. The number of H-pyrrole nitrogens is 1. The zero-order valence-electron chi connectivity index (χ0n) is 12.4. The van der Waals surface area contributed by atoms with Crippen molar-refractivity contribution in [1.29, 1.82) is 0 Å². The van der Waals surface area contributed by atoms with Crippen LogP contribution in [0.4, 0.5) is 0 Å². The molecule has 1 aromatic carbocycles. The number of hydrogen-bond donors (Lipinski definition) is 1. The molecule has 0 aliphatic heterocycles. The molecule has 20 heavy (non-hydrogen) atoms. The van der Waals surface area contributed by atoms with E-state index in [2.05, 4.69) is 23.8 Å². The molecule has 0 bridgehead atoms. The van der Waals surface area contributed by atoms with Gasteiger partial charge in [-0.15, -0.1) is 0 Å². The average molecular weight is 288 g/mol. The first-order valence-electron chi connectivity index (χ1n) is 6.87. The average Bonchev–Trinajstić information content (AvgIpc) is 2.43. The normalized spacial score (nSPS) is 10.8. The topological polar surface area (TPSA) is 37.9 Å². The number of para-hydroxylation sites is 1. The second kappa shape index (κ2) is 6.18. The second-order valence-electron chi connectivity index (χ2n) is 5.01. The summed E-state index contributed by atoms with van der Waals surface area (Å²) in [5.41, 5.74) is 3.01. The van der Waals surface area contributed by atoms with Gasteiger partial charge in [-0.1, -0.05) is 38.2 Å². The van der Waals surface area contributed by atoms with Gasteiger partial charge in [0.05, 0.1) is 12.3 Å². The van der Waals surface area contributed by atoms with E-state index in [9.17, 15) is 0 Å². The highest BCUT2D eigenvalue weighted by Gasteiger charge is 2.13. The Hall–Kier alpha value is -1.68. The first-order chi connectivity index (χ1) is 9.54. The summed E-state index contributed by atoms with van der Waals surface area (Å²) in [5.74, 6) is 2.07. The maximum atomic E-state index is 5.71. The highest BCUT2D eigenvalue weighted by atomic mass is 32.1. The van der Waals surface area contributed by atoms with Crippen LogP contribution in [0.1, 0.15) is 38.1 Å². The highest BCUT2D eigenvalue weighted by Crippen LogP contribution is 2.31. The molecule has 2 rings (SSSR count). The van der Waals surface area contributed by atoms with E-state index in [4.69, 9.17) is 17.0 Å². The van der Waals surface area contributed by atoms with Crippen LogP contribution < -0.4 is 4.74 Å². The van der Waals surface area contributed by atoms with Crippen molar-refractivity contribution < 1.29 is 4.74 Å². The Labute approximate surface area is 125 Å². The number of nitrogens with one attached hydrogen (secondary N) is 1. The van der Waals surface area contributed by atoms with E-state index in [1.54, 1.807) is 0 Å². The van der Waals surface area contributed by atoms with Crippen molar-refractivity contribution in [2.24, 2.45) is 0 Å². The molecule has 0 saturated heterocycles. The van der Waals surface area contributed by atoms with Gasteiger partial charge in [0, 0.05) is 17.0 Å². The van der Waals surface area contributed by atoms with Gasteiger partial charge < -0.3 is 9.72 Å². The highest BCUT2D eigenvalue weighted by molar-refractivity contribution is 7.71. The Bertz CT molecular complexity index is 662. The predicted molar refractivity (Wildman–Crippen MR) is 84.9 cm³/mol. The number of rotatable bonds is 4. The quantitative estimate of drug-likeness (QED) is 0.833. The number of nitrogens with zero attached hydrogens (tertiary/aromatic N) is 1. The third kappa shape index (κ3) is 2.90. The molecule has 106 valence electrons. The van der Waals surface area contributed by atoms with Crippen molar-refractivity contribution >= 4 is 12.2 Å². The van der Waals surface area contributed by atoms with E-state index >= 15 is 0 Å². The van der Waals surface area contributed by atoms with Crippen LogP contribution in [0.2, 0.25) is 0 Å². The first-order valence-corrected chi connectivity index (χ1v) is 7.28. The molecule has 0 aliphatic carbocycles. The molecule has 1 N–H and O–H groups in total. The Morgan fingerprint density at radius 3 is 2.65 bits per heavy atom. The summed E-state index contributed by atoms with van der Waals surface area (Å²) in [7, 11) is 0. The molecule has 0 aliphatic rings. The molecule has 4 heteroatoms. The Morgan fingerprint density at radius 1 is 1.30 bits per heavy atom. The zero-order valence-corrected chi connectivity index (χ0v) is 13.2. The Kier molecular flexibility index (Phi) is 4.55. The summed E-state index contributed by atoms with van der Waals surface area (Å²) in [6.45, 7) is 8.81. The van der Waals surface area contributed by atoms with E-state index in [1.807, 2.05) is 38.1 Å². The number of aromatic amines is 1. The molecular weight excluding hydrogens is 268 g/mol. The van der Waals surface area contributed by atoms with Crippen LogP contribution in [0.15, 0.2) is 24.3 Å². The lowest BCUT2D eigenvalue weighted by Crippen LogP contribution is -2.03. The van der Waals surface area contributed by atoms with Gasteiger partial charge in [0.1, 0.15) is 16.2 Å². The summed E-state index contributed by atoms with van der Waals surface area (Å²) >= 11 is 5.38. The predicted octanol–water partition coefficient (Wildman–Crippen LogP) is 4.64. The maximum absolute atomic E-state index is 5.71. The second-order valence-corrected chi connectivity index (χ2v) is 5.40. The third-order valence-electron chi connectivity index (χ3n) is 3.17. The van der Waals surface area contributed by atoms with Crippen molar-refractivity contribution in [2.45, 2.75) is 33.6 Å². The fraction of sp³-hybridized carbons (Fsp3) is 0.375. The monoisotopic (exact) mass is 288 g/mol. The fourth-order valence-corrected chi connectivity index (χ4v) is 2.25. The fourth-order valence-electron chi connectivity index (χ4n) is 2.05. The lowest BCUT2D eigenvalue weighted by molar-refractivity contribution is 0.341. The molecule has 3 nitrogen and oxygen atoms in total. The number of aromatic nitrogens is 2. The van der Waals surface area contributed by atoms with Crippen LogP contribution >= 0.6 is 12.2 Å². The van der Waals surface area contributed by atoms with Gasteiger partial charge in [-0.3, -0.25) is 0 Å². The third-order valence-corrected chi connectivity index (χ3v) is 3.57. The summed E-state index contributed by atoms with van der Waals surface area (Å²) < 4.78 is 6.36. The van der Waals surface area contributed by atoms with Gasteiger partial charge >= 0.3 is 0 Å². The van der Waals surface area contributed by atoms with Gasteiger partial charge in [0.2, 0.25) is 0 Å².